The van der Waals surface area contributed by atoms with Crippen LogP contribution in [0.15, 0.2) is 60.8 Å². The zero-order chi connectivity index (χ0) is 58.5. The Morgan fingerprint density at radius 3 is 0.753 bits per heavy atom. The topological polar surface area (TPSA) is 78.9 Å². The number of hydrogen-bond donors (Lipinski definition) is 0. The van der Waals surface area contributed by atoms with Crippen LogP contribution in [0, 0.1) is 0 Å². The largest absolute Gasteiger partial charge is 0.462 e. The molecule has 0 aromatic heterocycles. The number of ether oxygens (including phenoxy) is 3. The molecule has 0 aliphatic rings. The fourth-order valence-corrected chi connectivity index (χ4v) is 10.7. The van der Waals surface area contributed by atoms with Crippen molar-refractivity contribution < 1.29 is 28.6 Å². The second kappa shape index (κ2) is 69.6. The van der Waals surface area contributed by atoms with Crippen LogP contribution in [0.1, 0.15) is 380 Å². The molecular formula is C75H136O6. The highest BCUT2D eigenvalue weighted by Gasteiger charge is 2.19. The number of esters is 3. The minimum Gasteiger partial charge on any atom is -0.462 e. The van der Waals surface area contributed by atoms with Gasteiger partial charge in [-0.05, 0) is 64.2 Å². The normalized spacial score (nSPS) is 12.4. The van der Waals surface area contributed by atoms with Crippen LogP contribution in [0.3, 0.4) is 0 Å². The van der Waals surface area contributed by atoms with Gasteiger partial charge in [0.2, 0.25) is 0 Å². The summed E-state index contributed by atoms with van der Waals surface area (Å²) >= 11 is 0. The first-order valence-electron chi connectivity index (χ1n) is 35.8. The molecule has 0 bridgehead atoms. The summed E-state index contributed by atoms with van der Waals surface area (Å²) in [6, 6.07) is 0. The number of carbonyl (C=O) groups is 3. The SMILES string of the molecule is CC/C=C\C/C=C\C/C=C\C/C=C\C/C=C\CCCCCCCCCCCCCC(=O)OCC(COC(=O)CCCCCCCCCCCC)OC(=O)CCCCCCCCCCCCCCCCCCCCCCCCCCCC. The lowest BCUT2D eigenvalue weighted by Crippen LogP contribution is -2.30. The minimum absolute atomic E-state index is 0.0692. The van der Waals surface area contributed by atoms with Gasteiger partial charge in [-0.3, -0.25) is 14.4 Å². The highest BCUT2D eigenvalue weighted by molar-refractivity contribution is 5.71. The Hall–Kier alpha value is -2.89. The van der Waals surface area contributed by atoms with Crippen molar-refractivity contribution in [3.8, 4) is 0 Å². The van der Waals surface area contributed by atoms with E-state index in [9.17, 15) is 14.4 Å². The maximum absolute atomic E-state index is 12.9. The summed E-state index contributed by atoms with van der Waals surface area (Å²) in [7, 11) is 0. The second-order valence-corrected chi connectivity index (χ2v) is 24.1. The quantitative estimate of drug-likeness (QED) is 0.0261. The smallest absolute Gasteiger partial charge is 0.306 e. The Labute approximate surface area is 504 Å². The number of rotatable bonds is 66. The van der Waals surface area contributed by atoms with E-state index < -0.39 is 6.10 Å². The molecule has 6 heteroatoms. The average Bonchev–Trinajstić information content (AvgIpc) is 3.47. The third-order valence-corrected chi connectivity index (χ3v) is 16.0. The molecule has 1 atom stereocenters. The Balaban J connectivity index is 4.16. The van der Waals surface area contributed by atoms with Crippen molar-refractivity contribution in [2.45, 2.75) is 386 Å². The number of hydrogen-bond acceptors (Lipinski definition) is 6. The lowest BCUT2D eigenvalue weighted by molar-refractivity contribution is -0.167. The van der Waals surface area contributed by atoms with Gasteiger partial charge in [0.25, 0.3) is 0 Å². The highest BCUT2D eigenvalue weighted by Crippen LogP contribution is 2.19. The Kier molecular flexibility index (Phi) is 67.1. The van der Waals surface area contributed by atoms with E-state index in [1.165, 1.54) is 250 Å². The van der Waals surface area contributed by atoms with Crippen LogP contribution in [-0.4, -0.2) is 37.2 Å². The second-order valence-electron chi connectivity index (χ2n) is 24.1. The molecule has 0 N–H and O–H groups in total. The van der Waals surface area contributed by atoms with E-state index in [1.54, 1.807) is 0 Å². The molecule has 0 amide bonds. The standard InChI is InChI=1S/C75H136O6/c1-4-7-10-13-16-19-22-24-26-28-30-32-34-36-38-40-41-43-45-47-49-51-53-56-59-62-65-68-74(77)80-71-72(70-79-73(76)67-64-61-58-55-21-18-15-12-9-6-3)81-75(78)69-66-63-60-57-54-52-50-48-46-44-42-39-37-35-33-31-29-27-25-23-20-17-14-11-8-5-2/h7,10,16,19,24,26,30,32,36,38,72H,4-6,8-9,11-15,17-18,20-23,25,27-29,31,33-35,37,39-71H2,1-3H3/b10-7-,19-16-,26-24-,32-30-,38-36-. The zero-order valence-corrected chi connectivity index (χ0v) is 54.3. The Morgan fingerprint density at radius 2 is 0.481 bits per heavy atom. The van der Waals surface area contributed by atoms with Crippen LogP contribution in [-0.2, 0) is 28.6 Å². The summed E-state index contributed by atoms with van der Waals surface area (Å²) in [5.74, 6) is -0.849. The van der Waals surface area contributed by atoms with Gasteiger partial charge >= 0.3 is 17.9 Å². The molecule has 81 heavy (non-hydrogen) atoms. The van der Waals surface area contributed by atoms with Gasteiger partial charge in [0.05, 0.1) is 0 Å². The molecule has 0 aromatic carbocycles. The van der Waals surface area contributed by atoms with E-state index >= 15 is 0 Å². The van der Waals surface area contributed by atoms with E-state index in [0.29, 0.717) is 19.3 Å². The first-order valence-corrected chi connectivity index (χ1v) is 35.8. The summed E-state index contributed by atoms with van der Waals surface area (Å²) in [6.45, 7) is 6.58. The van der Waals surface area contributed by atoms with Crippen LogP contribution < -0.4 is 0 Å². The van der Waals surface area contributed by atoms with Gasteiger partial charge in [-0.25, -0.2) is 0 Å². The third-order valence-electron chi connectivity index (χ3n) is 16.0. The predicted octanol–water partition coefficient (Wildman–Crippen LogP) is 24.7. The number of allylic oxidation sites excluding steroid dienone is 10. The van der Waals surface area contributed by atoms with Gasteiger partial charge in [0.1, 0.15) is 13.2 Å². The van der Waals surface area contributed by atoms with E-state index in [0.717, 1.165) is 89.9 Å². The minimum atomic E-state index is -0.772. The molecule has 0 heterocycles. The summed E-state index contributed by atoms with van der Waals surface area (Å²) in [6.07, 6.45) is 89.8. The summed E-state index contributed by atoms with van der Waals surface area (Å²) < 4.78 is 17.0. The summed E-state index contributed by atoms with van der Waals surface area (Å²) in [4.78, 5) is 38.4. The van der Waals surface area contributed by atoms with Crippen LogP contribution in [0.4, 0.5) is 0 Å². The molecule has 0 spiro atoms. The maximum Gasteiger partial charge on any atom is 0.306 e. The van der Waals surface area contributed by atoms with Crippen LogP contribution >= 0.6 is 0 Å². The van der Waals surface area contributed by atoms with E-state index in [4.69, 9.17) is 14.2 Å². The fraction of sp³-hybridized carbons (Fsp3) is 0.827. The maximum atomic E-state index is 12.9. The Bertz CT molecular complexity index is 1440. The molecule has 0 aliphatic carbocycles. The number of carbonyl (C=O) groups excluding carboxylic acids is 3. The van der Waals surface area contributed by atoms with Gasteiger partial charge in [-0.2, -0.15) is 0 Å². The van der Waals surface area contributed by atoms with Gasteiger partial charge in [0, 0.05) is 19.3 Å². The zero-order valence-electron chi connectivity index (χ0n) is 54.3. The van der Waals surface area contributed by atoms with Crippen molar-refractivity contribution in [1.29, 1.82) is 0 Å². The van der Waals surface area contributed by atoms with Gasteiger partial charge < -0.3 is 14.2 Å². The molecule has 0 radical (unpaired) electrons. The molecule has 0 aliphatic heterocycles. The van der Waals surface area contributed by atoms with Crippen molar-refractivity contribution in [2.24, 2.45) is 0 Å². The molecule has 0 saturated heterocycles. The molecule has 0 saturated carbocycles. The highest BCUT2D eigenvalue weighted by atomic mass is 16.6. The lowest BCUT2D eigenvalue weighted by Gasteiger charge is -2.18. The van der Waals surface area contributed by atoms with Crippen molar-refractivity contribution in [3.05, 3.63) is 60.8 Å². The molecule has 1 unspecified atom stereocenters. The van der Waals surface area contributed by atoms with E-state index in [1.807, 2.05) is 0 Å². The van der Waals surface area contributed by atoms with Crippen LogP contribution in [0.5, 0.6) is 0 Å². The summed E-state index contributed by atoms with van der Waals surface area (Å²) in [5, 5.41) is 0. The Morgan fingerprint density at radius 1 is 0.259 bits per heavy atom. The van der Waals surface area contributed by atoms with Gasteiger partial charge in [-0.15, -0.1) is 0 Å². The fourth-order valence-electron chi connectivity index (χ4n) is 10.7. The van der Waals surface area contributed by atoms with E-state index in [-0.39, 0.29) is 31.1 Å². The molecule has 6 nitrogen and oxygen atoms in total. The van der Waals surface area contributed by atoms with Crippen LogP contribution in [0.25, 0.3) is 0 Å². The van der Waals surface area contributed by atoms with Crippen molar-refractivity contribution in [2.75, 3.05) is 13.2 Å². The predicted molar refractivity (Wildman–Crippen MR) is 353 cm³/mol. The average molecular weight is 1130 g/mol. The molecular weight excluding hydrogens is 997 g/mol. The first kappa shape index (κ1) is 78.1. The third kappa shape index (κ3) is 67.8. The number of unbranched alkanes of at least 4 members (excludes halogenated alkanes) is 45. The van der Waals surface area contributed by atoms with Crippen molar-refractivity contribution >= 4 is 17.9 Å². The molecule has 472 valence electrons. The molecule has 0 fully saturated rings. The molecule has 0 rings (SSSR count). The van der Waals surface area contributed by atoms with Crippen molar-refractivity contribution in [3.63, 3.8) is 0 Å². The van der Waals surface area contributed by atoms with Gasteiger partial charge in [0.15, 0.2) is 6.10 Å². The monoisotopic (exact) mass is 1130 g/mol. The summed E-state index contributed by atoms with van der Waals surface area (Å²) in [5.41, 5.74) is 0. The lowest BCUT2D eigenvalue weighted by atomic mass is 10.0. The van der Waals surface area contributed by atoms with Crippen LogP contribution in [0.2, 0.25) is 0 Å². The van der Waals surface area contributed by atoms with Crippen molar-refractivity contribution in [1.82, 2.24) is 0 Å². The van der Waals surface area contributed by atoms with E-state index in [2.05, 4.69) is 81.5 Å². The first-order chi connectivity index (χ1) is 40.0. The van der Waals surface area contributed by atoms with Gasteiger partial charge in [-0.1, -0.05) is 358 Å². The molecule has 0 aromatic rings.